The van der Waals surface area contributed by atoms with Gasteiger partial charge in [-0.2, -0.15) is 0 Å². The average molecular weight is 367 g/mol. The Morgan fingerprint density at radius 1 is 1.12 bits per heavy atom. The first kappa shape index (κ1) is 18.4. The van der Waals surface area contributed by atoms with Crippen molar-refractivity contribution in [1.29, 1.82) is 0 Å². The highest BCUT2D eigenvalue weighted by atomic mass is 35.5. The summed E-state index contributed by atoms with van der Waals surface area (Å²) in [6.45, 7) is 6.36. The molecule has 0 heterocycles. The van der Waals surface area contributed by atoms with Crippen LogP contribution in [0.4, 0.5) is 11.4 Å². The Labute approximate surface area is 148 Å². The van der Waals surface area contributed by atoms with Gasteiger partial charge in [0.2, 0.25) is 0 Å². The van der Waals surface area contributed by atoms with Gasteiger partial charge in [-0.3, -0.25) is 14.1 Å². The molecule has 1 unspecified atom stereocenters. The first-order valence-electron chi connectivity index (χ1n) is 7.26. The van der Waals surface area contributed by atoms with Crippen molar-refractivity contribution in [3.63, 3.8) is 0 Å². The highest BCUT2D eigenvalue weighted by molar-refractivity contribution is 7.80. The van der Waals surface area contributed by atoms with Gasteiger partial charge in [0.05, 0.1) is 10.7 Å². The monoisotopic (exact) mass is 366 g/mol. The lowest BCUT2D eigenvalue weighted by molar-refractivity contribution is 0.102. The maximum atomic E-state index is 12.3. The third-order valence-electron chi connectivity index (χ3n) is 3.43. The Balaban J connectivity index is 2.16. The largest absolute Gasteiger partial charge is 0.322 e. The minimum Gasteiger partial charge on any atom is -0.322 e. The summed E-state index contributed by atoms with van der Waals surface area (Å²) in [5.41, 5.74) is 2.42. The molecule has 2 rings (SSSR count). The van der Waals surface area contributed by atoms with Crippen molar-refractivity contribution in [3.8, 4) is 0 Å². The topological polar surface area (TPSA) is 78.4 Å². The molecule has 5 nitrogen and oxygen atoms in total. The zero-order valence-electron chi connectivity index (χ0n) is 13.6. The number of hydrogen-bond acceptors (Lipinski definition) is 2. The van der Waals surface area contributed by atoms with Crippen molar-refractivity contribution in [2.24, 2.45) is 0 Å². The van der Waals surface area contributed by atoms with E-state index >= 15 is 0 Å². The number of nitrogens with one attached hydrogen (secondary N) is 2. The molecule has 128 valence electrons. The van der Waals surface area contributed by atoms with Gasteiger partial charge in [-0.15, -0.1) is 0 Å². The van der Waals surface area contributed by atoms with E-state index in [2.05, 4.69) is 30.8 Å². The molecule has 2 aromatic carbocycles. The number of halogens is 1. The van der Waals surface area contributed by atoms with E-state index in [-0.39, 0.29) is 22.0 Å². The van der Waals surface area contributed by atoms with Crippen LogP contribution in [0.5, 0.6) is 0 Å². The van der Waals surface area contributed by atoms with E-state index in [1.54, 1.807) is 6.07 Å². The SMILES string of the molecule is CC(C)(C)c1ccc(NC(=O)c2ccc(Cl)c(NS(=O)O)c2)cc1. The van der Waals surface area contributed by atoms with Crippen molar-refractivity contribution in [3.05, 3.63) is 58.6 Å². The van der Waals surface area contributed by atoms with Gasteiger partial charge in [-0.05, 0) is 41.3 Å². The van der Waals surface area contributed by atoms with Crippen LogP contribution in [-0.2, 0) is 16.7 Å². The summed E-state index contributed by atoms with van der Waals surface area (Å²) in [5.74, 6) is -0.332. The molecule has 0 aliphatic heterocycles. The highest BCUT2D eigenvalue weighted by Crippen LogP contribution is 2.25. The Morgan fingerprint density at radius 3 is 2.29 bits per heavy atom. The first-order chi connectivity index (χ1) is 11.2. The molecule has 0 aliphatic rings. The third kappa shape index (κ3) is 4.80. The number of benzene rings is 2. The van der Waals surface area contributed by atoms with Crippen LogP contribution in [0.3, 0.4) is 0 Å². The van der Waals surface area contributed by atoms with Crippen LogP contribution in [0, 0.1) is 0 Å². The van der Waals surface area contributed by atoms with E-state index in [1.165, 1.54) is 17.7 Å². The van der Waals surface area contributed by atoms with Crippen LogP contribution in [0.2, 0.25) is 5.02 Å². The van der Waals surface area contributed by atoms with Crippen LogP contribution in [0.15, 0.2) is 42.5 Å². The lowest BCUT2D eigenvalue weighted by Gasteiger charge is -2.19. The van der Waals surface area contributed by atoms with Gasteiger partial charge < -0.3 is 5.32 Å². The number of carbonyl (C=O) groups excluding carboxylic acids is 1. The van der Waals surface area contributed by atoms with Gasteiger partial charge in [-0.25, -0.2) is 4.21 Å². The first-order valence-corrected chi connectivity index (χ1v) is 8.74. The van der Waals surface area contributed by atoms with Gasteiger partial charge in [-0.1, -0.05) is 44.5 Å². The zero-order valence-corrected chi connectivity index (χ0v) is 15.2. The minimum atomic E-state index is -2.26. The lowest BCUT2D eigenvalue weighted by atomic mass is 9.87. The van der Waals surface area contributed by atoms with Gasteiger partial charge in [0.1, 0.15) is 0 Å². The van der Waals surface area contributed by atoms with Crippen LogP contribution in [-0.4, -0.2) is 14.7 Å². The van der Waals surface area contributed by atoms with Gasteiger partial charge >= 0.3 is 0 Å². The van der Waals surface area contributed by atoms with Crippen molar-refractivity contribution >= 4 is 40.1 Å². The molecule has 0 fully saturated rings. The van der Waals surface area contributed by atoms with Gasteiger partial charge in [0.25, 0.3) is 17.2 Å². The number of hydrogen-bond donors (Lipinski definition) is 3. The molecule has 0 saturated carbocycles. The van der Waals surface area contributed by atoms with E-state index in [1.807, 2.05) is 24.3 Å². The molecule has 0 aliphatic carbocycles. The highest BCUT2D eigenvalue weighted by Gasteiger charge is 2.14. The third-order valence-corrected chi connectivity index (χ3v) is 4.16. The Hall–Kier alpha value is -1.89. The fraction of sp³-hybridized carbons (Fsp3) is 0.235. The van der Waals surface area contributed by atoms with Crippen molar-refractivity contribution in [2.75, 3.05) is 10.0 Å². The molecule has 0 saturated heterocycles. The summed E-state index contributed by atoms with van der Waals surface area (Å²) >= 11 is 3.66. The molecule has 0 radical (unpaired) electrons. The number of carbonyl (C=O) groups is 1. The quantitative estimate of drug-likeness (QED) is 0.700. The normalized spacial score (nSPS) is 12.5. The van der Waals surface area contributed by atoms with E-state index in [4.69, 9.17) is 16.2 Å². The second kappa shape index (κ2) is 7.34. The average Bonchev–Trinajstić information content (AvgIpc) is 2.48. The summed E-state index contributed by atoms with van der Waals surface area (Å²) < 4.78 is 22.0. The van der Waals surface area contributed by atoms with Crippen LogP contribution in [0.25, 0.3) is 0 Å². The Morgan fingerprint density at radius 2 is 1.75 bits per heavy atom. The second-order valence-electron chi connectivity index (χ2n) is 6.33. The molecule has 24 heavy (non-hydrogen) atoms. The molecule has 1 atom stereocenters. The Bertz CT molecular complexity index is 770. The van der Waals surface area contributed by atoms with Crippen LogP contribution in [0.1, 0.15) is 36.7 Å². The summed E-state index contributed by atoms with van der Waals surface area (Å²) in [5, 5.41) is 3.04. The van der Waals surface area contributed by atoms with Crippen LogP contribution >= 0.6 is 11.6 Å². The maximum Gasteiger partial charge on any atom is 0.259 e. The minimum absolute atomic E-state index is 0.0409. The molecular weight excluding hydrogens is 348 g/mol. The van der Waals surface area contributed by atoms with Gasteiger partial charge in [0, 0.05) is 11.3 Å². The van der Waals surface area contributed by atoms with Gasteiger partial charge in [0.15, 0.2) is 0 Å². The summed E-state index contributed by atoms with van der Waals surface area (Å²) in [7, 11) is 0. The van der Waals surface area contributed by atoms with Crippen molar-refractivity contribution < 1.29 is 13.6 Å². The van der Waals surface area contributed by atoms with Crippen molar-refractivity contribution in [1.82, 2.24) is 0 Å². The molecule has 2 aromatic rings. The molecule has 0 bridgehead atoms. The summed E-state index contributed by atoms with van der Waals surface area (Å²) in [4.78, 5) is 12.3. The Kier molecular flexibility index (Phi) is 5.64. The zero-order chi connectivity index (χ0) is 17.9. The fourth-order valence-electron chi connectivity index (χ4n) is 2.10. The van der Waals surface area contributed by atoms with E-state index in [9.17, 15) is 9.00 Å². The standard InChI is InChI=1S/C17H19ClN2O3S/c1-17(2,3)12-5-7-13(8-6-12)19-16(21)11-4-9-14(18)15(10-11)20-24(22)23/h4-10,20H,1-3H3,(H,19,21)(H,22,23). The number of amides is 1. The smallest absolute Gasteiger partial charge is 0.259 e. The van der Waals surface area contributed by atoms with E-state index in [0.717, 1.165) is 0 Å². The molecule has 1 amide bonds. The molecular formula is C17H19ClN2O3S. The second-order valence-corrected chi connectivity index (χ2v) is 7.44. The molecule has 0 aromatic heterocycles. The number of rotatable bonds is 4. The van der Waals surface area contributed by atoms with E-state index in [0.29, 0.717) is 11.3 Å². The molecule has 3 N–H and O–H groups in total. The molecule has 0 spiro atoms. The summed E-state index contributed by atoms with van der Waals surface area (Å²) in [6, 6.07) is 12.1. The number of anilines is 2. The van der Waals surface area contributed by atoms with Crippen molar-refractivity contribution in [2.45, 2.75) is 26.2 Å². The predicted molar refractivity (Wildman–Crippen MR) is 98.9 cm³/mol. The predicted octanol–water partition coefficient (Wildman–Crippen LogP) is 4.44. The molecule has 7 heteroatoms. The maximum absolute atomic E-state index is 12.3. The lowest BCUT2D eigenvalue weighted by Crippen LogP contribution is -2.14. The van der Waals surface area contributed by atoms with E-state index < -0.39 is 11.3 Å². The summed E-state index contributed by atoms with van der Waals surface area (Å²) in [6.07, 6.45) is 0. The van der Waals surface area contributed by atoms with Crippen LogP contribution < -0.4 is 10.0 Å². The fourth-order valence-corrected chi connectivity index (χ4v) is 2.67.